The van der Waals surface area contributed by atoms with Crippen molar-refractivity contribution in [3.05, 3.63) is 11.8 Å². The van der Waals surface area contributed by atoms with E-state index in [0.717, 1.165) is 12.1 Å². The normalized spacial score (nSPS) is 21.7. The maximum atomic E-state index is 10.8. The molecule has 2 rings (SSSR count). The fourth-order valence-electron chi connectivity index (χ4n) is 1.67. The molecule has 1 aromatic rings. The van der Waals surface area contributed by atoms with Crippen molar-refractivity contribution in [2.75, 3.05) is 25.5 Å². The zero-order valence-corrected chi connectivity index (χ0v) is 8.59. The smallest absolute Gasteiger partial charge is 0.210 e. The second-order valence-corrected chi connectivity index (χ2v) is 3.55. The van der Waals surface area contributed by atoms with E-state index in [0.29, 0.717) is 25.6 Å². The van der Waals surface area contributed by atoms with Crippen LogP contribution in [0, 0.1) is 0 Å². The molecule has 1 fully saturated rings. The first-order chi connectivity index (χ1) is 7.22. The number of carbonyl (C=O) groups is 1. The van der Waals surface area contributed by atoms with Crippen molar-refractivity contribution in [2.45, 2.75) is 6.04 Å². The average Bonchev–Trinajstić information content (AvgIpc) is 2.59. The highest BCUT2D eigenvalue weighted by atomic mass is 16.5. The van der Waals surface area contributed by atoms with E-state index in [1.165, 1.54) is 0 Å². The van der Waals surface area contributed by atoms with Crippen LogP contribution in [0.5, 0.6) is 0 Å². The lowest BCUT2D eigenvalue weighted by molar-refractivity contribution is -0.126. The van der Waals surface area contributed by atoms with E-state index in [9.17, 15) is 4.79 Å². The number of aryl methyl sites for hydroxylation is 1. The van der Waals surface area contributed by atoms with Crippen molar-refractivity contribution in [3.63, 3.8) is 0 Å². The molecule has 0 spiro atoms. The zero-order valence-electron chi connectivity index (χ0n) is 8.59. The molecule has 0 aromatic carbocycles. The van der Waals surface area contributed by atoms with Gasteiger partial charge < -0.3 is 15.4 Å². The Morgan fingerprint density at radius 1 is 1.73 bits per heavy atom. The Bertz CT molecular complexity index is 343. The highest BCUT2D eigenvalue weighted by Crippen LogP contribution is 2.22. The minimum Gasteiger partial charge on any atom is -0.384 e. The van der Waals surface area contributed by atoms with Crippen LogP contribution in [0.3, 0.4) is 0 Å². The molecule has 6 nitrogen and oxygen atoms in total. The molecule has 2 N–H and O–H groups in total. The lowest BCUT2D eigenvalue weighted by Crippen LogP contribution is -2.38. The number of hydrogen-bond acceptors (Lipinski definition) is 4. The van der Waals surface area contributed by atoms with Gasteiger partial charge in [-0.2, -0.15) is 5.10 Å². The average molecular weight is 210 g/mol. The van der Waals surface area contributed by atoms with Gasteiger partial charge in [-0.3, -0.25) is 9.48 Å². The summed E-state index contributed by atoms with van der Waals surface area (Å²) in [4.78, 5) is 12.5. The van der Waals surface area contributed by atoms with E-state index in [1.54, 1.807) is 22.7 Å². The van der Waals surface area contributed by atoms with Crippen molar-refractivity contribution in [1.82, 2.24) is 14.7 Å². The van der Waals surface area contributed by atoms with Gasteiger partial charge in [-0.05, 0) is 0 Å². The van der Waals surface area contributed by atoms with Crippen LogP contribution in [-0.4, -0.2) is 40.8 Å². The third-order valence-electron chi connectivity index (χ3n) is 2.58. The summed E-state index contributed by atoms with van der Waals surface area (Å²) in [6, 6.07) is 1.66. The van der Waals surface area contributed by atoms with Gasteiger partial charge in [0.15, 0.2) is 0 Å². The molecule has 1 atom stereocenters. The van der Waals surface area contributed by atoms with Gasteiger partial charge in [0.1, 0.15) is 5.82 Å². The summed E-state index contributed by atoms with van der Waals surface area (Å²) >= 11 is 0. The van der Waals surface area contributed by atoms with E-state index in [2.05, 4.69) is 5.10 Å². The van der Waals surface area contributed by atoms with Gasteiger partial charge in [0.05, 0.1) is 24.9 Å². The number of amides is 1. The summed E-state index contributed by atoms with van der Waals surface area (Å²) in [5.41, 5.74) is 6.47. The SMILES string of the molecule is Cn1nc(C2COCCN2C=O)cc1N. The summed E-state index contributed by atoms with van der Waals surface area (Å²) in [6.45, 7) is 1.66. The molecule has 15 heavy (non-hydrogen) atoms. The molecule has 0 aliphatic carbocycles. The number of ether oxygens (including phenoxy) is 1. The molecule has 0 radical (unpaired) electrons. The van der Waals surface area contributed by atoms with Gasteiger partial charge in [-0.25, -0.2) is 0 Å². The first-order valence-electron chi connectivity index (χ1n) is 4.80. The van der Waals surface area contributed by atoms with Crippen molar-refractivity contribution >= 4 is 12.2 Å². The molecule has 82 valence electrons. The number of hydrogen-bond donors (Lipinski definition) is 1. The van der Waals surface area contributed by atoms with Gasteiger partial charge in [0, 0.05) is 19.7 Å². The van der Waals surface area contributed by atoms with Crippen molar-refractivity contribution in [3.8, 4) is 0 Å². The van der Waals surface area contributed by atoms with E-state index >= 15 is 0 Å². The Hall–Kier alpha value is -1.56. The van der Waals surface area contributed by atoms with E-state index in [4.69, 9.17) is 10.5 Å². The number of aromatic nitrogens is 2. The van der Waals surface area contributed by atoms with Gasteiger partial charge in [0.2, 0.25) is 6.41 Å². The Morgan fingerprint density at radius 2 is 2.53 bits per heavy atom. The van der Waals surface area contributed by atoms with Crippen LogP contribution in [0.25, 0.3) is 0 Å². The topological polar surface area (TPSA) is 73.4 Å². The first kappa shape index (κ1) is 9.97. The molecule has 2 heterocycles. The largest absolute Gasteiger partial charge is 0.384 e. The molecule has 6 heteroatoms. The quantitative estimate of drug-likeness (QED) is 0.670. The number of nitrogens with zero attached hydrogens (tertiary/aromatic N) is 3. The molecule has 1 aromatic heterocycles. The summed E-state index contributed by atoms with van der Waals surface area (Å²) in [7, 11) is 1.77. The molecule has 1 saturated heterocycles. The summed E-state index contributed by atoms with van der Waals surface area (Å²) < 4.78 is 6.92. The molecule has 1 aliphatic heterocycles. The Labute approximate surface area is 87.6 Å². The van der Waals surface area contributed by atoms with Crippen LogP contribution in [-0.2, 0) is 16.6 Å². The number of anilines is 1. The van der Waals surface area contributed by atoms with E-state index < -0.39 is 0 Å². The highest BCUT2D eigenvalue weighted by Gasteiger charge is 2.25. The maximum Gasteiger partial charge on any atom is 0.210 e. The lowest BCUT2D eigenvalue weighted by atomic mass is 10.2. The molecular weight excluding hydrogens is 196 g/mol. The van der Waals surface area contributed by atoms with Crippen molar-refractivity contribution < 1.29 is 9.53 Å². The Balaban J connectivity index is 2.23. The van der Waals surface area contributed by atoms with Crippen LogP contribution in [0.2, 0.25) is 0 Å². The number of carbonyl (C=O) groups excluding carboxylic acids is 1. The van der Waals surface area contributed by atoms with Gasteiger partial charge >= 0.3 is 0 Å². The summed E-state index contributed by atoms with van der Waals surface area (Å²) in [5, 5.41) is 4.24. The predicted octanol–water partition coefficient (Wildman–Crippen LogP) is -0.468. The number of nitrogen functional groups attached to an aromatic ring is 1. The van der Waals surface area contributed by atoms with Crippen molar-refractivity contribution in [1.29, 1.82) is 0 Å². The zero-order chi connectivity index (χ0) is 10.8. The molecule has 0 saturated carbocycles. The second-order valence-electron chi connectivity index (χ2n) is 3.55. The predicted molar refractivity (Wildman–Crippen MR) is 54.0 cm³/mol. The fourth-order valence-corrected chi connectivity index (χ4v) is 1.67. The minimum atomic E-state index is -0.111. The van der Waals surface area contributed by atoms with Crippen LogP contribution in [0.1, 0.15) is 11.7 Å². The number of morpholine rings is 1. The van der Waals surface area contributed by atoms with Crippen LogP contribution < -0.4 is 5.73 Å². The third kappa shape index (κ3) is 1.80. The number of nitrogens with two attached hydrogens (primary N) is 1. The van der Waals surface area contributed by atoms with Gasteiger partial charge in [-0.15, -0.1) is 0 Å². The summed E-state index contributed by atoms with van der Waals surface area (Å²) in [6.07, 6.45) is 0.831. The van der Waals surface area contributed by atoms with Crippen LogP contribution in [0.4, 0.5) is 5.82 Å². The standard InChI is InChI=1S/C9H14N4O2/c1-12-9(10)4-7(11-12)8-5-15-3-2-13(8)6-14/h4,6,8H,2-3,5,10H2,1H3. The minimum absolute atomic E-state index is 0.111. The van der Waals surface area contributed by atoms with E-state index in [1.807, 2.05) is 0 Å². The molecule has 1 amide bonds. The summed E-state index contributed by atoms with van der Waals surface area (Å²) in [5.74, 6) is 0.585. The lowest BCUT2D eigenvalue weighted by Gasteiger charge is -2.31. The molecule has 1 aliphatic rings. The second kappa shape index (κ2) is 3.90. The van der Waals surface area contributed by atoms with Crippen molar-refractivity contribution in [2.24, 2.45) is 7.05 Å². The van der Waals surface area contributed by atoms with Gasteiger partial charge in [-0.1, -0.05) is 0 Å². The van der Waals surface area contributed by atoms with Crippen LogP contribution >= 0.6 is 0 Å². The number of rotatable bonds is 2. The van der Waals surface area contributed by atoms with Crippen LogP contribution in [0.15, 0.2) is 6.07 Å². The monoisotopic (exact) mass is 210 g/mol. The maximum absolute atomic E-state index is 10.8. The molecular formula is C9H14N4O2. The Kier molecular flexibility index (Phi) is 2.59. The fraction of sp³-hybridized carbons (Fsp3) is 0.556. The molecule has 0 bridgehead atoms. The van der Waals surface area contributed by atoms with E-state index in [-0.39, 0.29) is 6.04 Å². The first-order valence-corrected chi connectivity index (χ1v) is 4.80. The Morgan fingerprint density at radius 3 is 3.13 bits per heavy atom. The third-order valence-corrected chi connectivity index (χ3v) is 2.58. The van der Waals surface area contributed by atoms with Gasteiger partial charge in [0.25, 0.3) is 0 Å². The highest BCUT2D eigenvalue weighted by molar-refractivity contribution is 5.49. The molecule has 1 unspecified atom stereocenters.